The van der Waals surface area contributed by atoms with Crippen molar-refractivity contribution < 1.29 is 9.53 Å². The van der Waals surface area contributed by atoms with Gasteiger partial charge in [-0.05, 0) is 18.3 Å². The zero-order chi connectivity index (χ0) is 11.8. The topological polar surface area (TPSA) is 29.5 Å². The van der Waals surface area contributed by atoms with Crippen LogP contribution in [0.4, 0.5) is 4.79 Å². The molecular weight excluding hydrogens is 190 g/mol. The van der Waals surface area contributed by atoms with Crippen molar-refractivity contribution in [3.8, 4) is 0 Å². The zero-order valence-electron chi connectivity index (χ0n) is 10.7. The Hall–Kier alpha value is -0.730. The van der Waals surface area contributed by atoms with Gasteiger partial charge in [-0.3, -0.25) is 0 Å². The summed E-state index contributed by atoms with van der Waals surface area (Å²) in [5, 5.41) is 0. The average molecular weight is 215 g/mol. The molecule has 15 heavy (non-hydrogen) atoms. The molecule has 0 aromatic heterocycles. The highest BCUT2D eigenvalue weighted by atomic mass is 16.6. The average Bonchev–Trinajstić information content (AvgIpc) is 2.12. The summed E-state index contributed by atoms with van der Waals surface area (Å²) in [4.78, 5) is 13.5. The Morgan fingerprint density at radius 2 is 1.80 bits per heavy atom. The second-order valence-electron chi connectivity index (χ2n) is 4.81. The molecule has 0 rings (SSSR count). The van der Waals surface area contributed by atoms with Crippen molar-refractivity contribution in [1.29, 1.82) is 0 Å². The molecule has 0 saturated heterocycles. The van der Waals surface area contributed by atoms with Gasteiger partial charge in [0.1, 0.15) is 0 Å². The summed E-state index contributed by atoms with van der Waals surface area (Å²) in [6.45, 7) is 12.5. The Kier molecular flexibility index (Phi) is 7.18. The molecule has 0 fully saturated rings. The largest absolute Gasteiger partial charge is 0.449 e. The Morgan fingerprint density at radius 3 is 2.20 bits per heavy atom. The Balaban J connectivity index is 4.04. The lowest BCUT2D eigenvalue weighted by Gasteiger charge is -2.23. The Morgan fingerprint density at radius 1 is 1.20 bits per heavy atom. The number of ether oxygens (including phenoxy) is 1. The Labute approximate surface area is 93.8 Å². The fourth-order valence-electron chi connectivity index (χ4n) is 1.30. The molecule has 0 aliphatic heterocycles. The van der Waals surface area contributed by atoms with E-state index in [0.29, 0.717) is 18.4 Å². The van der Waals surface area contributed by atoms with E-state index in [1.54, 1.807) is 4.90 Å². The van der Waals surface area contributed by atoms with E-state index >= 15 is 0 Å². The Bertz CT molecular complexity index is 178. The standard InChI is InChI=1S/C12H25NO2/c1-6-7-13(8-10(2)3)12(14)15-9-11(4)5/h10-11H,6-9H2,1-5H3. The summed E-state index contributed by atoms with van der Waals surface area (Å²) < 4.78 is 5.21. The highest BCUT2D eigenvalue weighted by molar-refractivity contribution is 5.67. The van der Waals surface area contributed by atoms with E-state index in [1.807, 2.05) is 13.8 Å². The molecule has 3 nitrogen and oxygen atoms in total. The minimum Gasteiger partial charge on any atom is -0.449 e. The fourth-order valence-corrected chi connectivity index (χ4v) is 1.30. The van der Waals surface area contributed by atoms with E-state index < -0.39 is 0 Å². The highest BCUT2D eigenvalue weighted by Crippen LogP contribution is 2.04. The first-order valence-corrected chi connectivity index (χ1v) is 5.89. The number of carbonyl (C=O) groups excluding carboxylic acids is 1. The molecule has 0 saturated carbocycles. The zero-order valence-corrected chi connectivity index (χ0v) is 10.7. The molecule has 0 aromatic rings. The first kappa shape index (κ1) is 14.3. The molecule has 0 unspecified atom stereocenters. The lowest BCUT2D eigenvalue weighted by atomic mass is 10.2. The van der Waals surface area contributed by atoms with E-state index in [-0.39, 0.29) is 6.09 Å². The monoisotopic (exact) mass is 215 g/mol. The van der Waals surface area contributed by atoms with Crippen molar-refractivity contribution in [3.05, 3.63) is 0 Å². The van der Waals surface area contributed by atoms with Crippen LogP contribution < -0.4 is 0 Å². The van der Waals surface area contributed by atoms with Gasteiger partial charge in [0.2, 0.25) is 0 Å². The van der Waals surface area contributed by atoms with Gasteiger partial charge in [0.25, 0.3) is 0 Å². The second kappa shape index (κ2) is 7.55. The molecule has 0 N–H and O–H groups in total. The maximum atomic E-state index is 11.7. The SMILES string of the molecule is CCCN(CC(C)C)C(=O)OCC(C)C. The molecular formula is C12H25NO2. The molecule has 3 heteroatoms. The maximum Gasteiger partial charge on any atom is 0.409 e. The predicted octanol–water partition coefficient (Wildman–Crippen LogP) is 3.15. The summed E-state index contributed by atoms with van der Waals surface area (Å²) >= 11 is 0. The summed E-state index contributed by atoms with van der Waals surface area (Å²) in [6, 6.07) is 0. The first-order valence-electron chi connectivity index (χ1n) is 5.89. The number of amides is 1. The van der Waals surface area contributed by atoms with Crippen LogP contribution in [0.2, 0.25) is 0 Å². The van der Waals surface area contributed by atoms with Crippen LogP contribution in [0.1, 0.15) is 41.0 Å². The number of rotatable bonds is 6. The predicted molar refractivity (Wildman–Crippen MR) is 62.9 cm³/mol. The van der Waals surface area contributed by atoms with Crippen molar-refractivity contribution in [2.45, 2.75) is 41.0 Å². The number of hydrogen-bond acceptors (Lipinski definition) is 2. The second-order valence-corrected chi connectivity index (χ2v) is 4.81. The highest BCUT2D eigenvalue weighted by Gasteiger charge is 2.15. The van der Waals surface area contributed by atoms with Crippen LogP contribution in [0.5, 0.6) is 0 Å². The number of hydrogen-bond donors (Lipinski definition) is 0. The summed E-state index contributed by atoms with van der Waals surface area (Å²) in [5.41, 5.74) is 0. The minimum absolute atomic E-state index is 0.167. The molecule has 90 valence electrons. The van der Waals surface area contributed by atoms with E-state index in [2.05, 4.69) is 20.8 Å². The van der Waals surface area contributed by atoms with Gasteiger partial charge in [0.15, 0.2) is 0 Å². The van der Waals surface area contributed by atoms with E-state index in [0.717, 1.165) is 19.5 Å². The smallest absolute Gasteiger partial charge is 0.409 e. The molecule has 0 aromatic carbocycles. The van der Waals surface area contributed by atoms with Crippen LogP contribution in [-0.2, 0) is 4.74 Å². The van der Waals surface area contributed by atoms with Crippen LogP contribution in [0, 0.1) is 11.8 Å². The van der Waals surface area contributed by atoms with Crippen molar-refractivity contribution >= 4 is 6.09 Å². The quantitative estimate of drug-likeness (QED) is 0.681. The third-order valence-corrected chi connectivity index (χ3v) is 1.88. The van der Waals surface area contributed by atoms with Gasteiger partial charge in [0.05, 0.1) is 6.61 Å². The van der Waals surface area contributed by atoms with Crippen LogP contribution in [0.3, 0.4) is 0 Å². The molecule has 0 atom stereocenters. The lowest BCUT2D eigenvalue weighted by molar-refractivity contribution is 0.0881. The van der Waals surface area contributed by atoms with E-state index in [9.17, 15) is 4.79 Å². The summed E-state index contributed by atoms with van der Waals surface area (Å²) in [7, 11) is 0. The number of nitrogens with zero attached hydrogens (tertiary/aromatic N) is 1. The molecule has 1 amide bonds. The van der Waals surface area contributed by atoms with Crippen molar-refractivity contribution in [1.82, 2.24) is 4.90 Å². The van der Waals surface area contributed by atoms with Gasteiger partial charge in [-0.25, -0.2) is 4.79 Å². The van der Waals surface area contributed by atoms with Gasteiger partial charge < -0.3 is 9.64 Å². The molecule has 0 bridgehead atoms. The van der Waals surface area contributed by atoms with Gasteiger partial charge in [-0.2, -0.15) is 0 Å². The van der Waals surface area contributed by atoms with Crippen molar-refractivity contribution in [2.75, 3.05) is 19.7 Å². The van der Waals surface area contributed by atoms with Crippen LogP contribution in [0.15, 0.2) is 0 Å². The molecule has 0 aliphatic carbocycles. The van der Waals surface area contributed by atoms with Crippen LogP contribution >= 0.6 is 0 Å². The normalized spacial score (nSPS) is 10.9. The summed E-state index contributed by atoms with van der Waals surface area (Å²) in [5.74, 6) is 0.889. The number of carbonyl (C=O) groups is 1. The van der Waals surface area contributed by atoms with Gasteiger partial charge in [-0.1, -0.05) is 34.6 Å². The third kappa shape index (κ3) is 7.23. The van der Waals surface area contributed by atoms with Gasteiger partial charge in [0, 0.05) is 13.1 Å². The van der Waals surface area contributed by atoms with Gasteiger partial charge >= 0.3 is 6.09 Å². The third-order valence-electron chi connectivity index (χ3n) is 1.88. The van der Waals surface area contributed by atoms with Crippen LogP contribution in [0.25, 0.3) is 0 Å². The minimum atomic E-state index is -0.167. The molecule has 0 aliphatic rings. The van der Waals surface area contributed by atoms with Crippen LogP contribution in [-0.4, -0.2) is 30.7 Å². The van der Waals surface area contributed by atoms with Crippen molar-refractivity contribution in [2.24, 2.45) is 11.8 Å². The molecule has 0 spiro atoms. The van der Waals surface area contributed by atoms with E-state index in [4.69, 9.17) is 4.74 Å². The fraction of sp³-hybridized carbons (Fsp3) is 0.917. The first-order chi connectivity index (χ1) is 6.97. The molecule has 0 radical (unpaired) electrons. The maximum absolute atomic E-state index is 11.7. The van der Waals surface area contributed by atoms with E-state index in [1.165, 1.54) is 0 Å². The summed E-state index contributed by atoms with van der Waals surface area (Å²) in [6.07, 6.45) is 0.808. The molecule has 0 heterocycles. The van der Waals surface area contributed by atoms with Crippen molar-refractivity contribution in [3.63, 3.8) is 0 Å². The van der Waals surface area contributed by atoms with Gasteiger partial charge in [-0.15, -0.1) is 0 Å². The lowest BCUT2D eigenvalue weighted by Crippen LogP contribution is -2.35.